The Kier molecular flexibility index (Phi) is 4.09. The minimum Gasteiger partial charge on any atom is -0.476 e. The second kappa shape index (κ2) is 5.77. The average Bonchev–Trinajstić information content (AvgIpc) is 2.84. The van der Waals surface area contributed by atoms with Crippen LogP contribution in [0.5, 0.6) is 0 Å². The molecule has 18 heavy (non-hydrogen) atoms. The molecular weight excluding hydrogens is 234 g/mol. The molecule has 0 spiro atoms. The van der Waals surface area contributed by atoms with Crippen LogP contribution in [0, 0.1) is 0 Å². The fraction of sp³-hybridized carbons (Fsp3) is 0.583. The Morgan fingerprint density at radius 3 is 3.06 bits per heavy atom. The monoisotopic (exact) mass is 251 g/mol. The molecule has 6 heteroatoms. The quantitative estimate of drug-likeness (QED) is 0.809. The zero-order valence-corrected chi connectivity index (χ0v) is 10.1. The maximum absolute atomic E-state index is 10.9. The molecule has 1 aliphatic heterocycles. The molecule has 2 N–H and O–H groups in total. The highest BCUT2D eigenvalue weighted by Gasteiger charge is 2.25. The van der Waals surface area contributed by atoms with E-state index in [4.69, 9.17) is 10.2 Å². The molecule has 1 atom stereocenters. The number of aromatic nitrogens is 2. The molecule has 6 nitrogen and oxygen atoms in total. The molecule has 0 radical (unpaired) electrons. The molecule has 0 saturated carbocycles. The van der Waals surface area contributed by atoms with E-state index in [1.807, 2.05) is 0 Å². The summed E-state index contributed by atoms with van der Waals surface area (Å²) in [5, 5.41) is 17.8. The highest BCUT2D eigenvalue weighted by atomic mass is 16.4. The number of anilines is 1. The van der Waals surface area contributed by atoms with Gasteiger partial charge in [0.2, 0.25) is 0 Å². The van der Waals surface area contributed by atoms with Gasteiger partial charge in [-0.3, -0.25) is 4.98 Å². The number of nitrogens with zero attached hydrogens (tertiary/aromatic N) is 3. The first-order valence-electron chi connectivity index (χ1n) is 6.15. The molecule has 98 valence electrons. The lowest BCUT2D eigenvalue weighted by atomic mass is 10.1. The zero-order valence-electron chi connectivity index (χ0n) is 10.1. The largest absolute Gasteiger partial charge is 0.476 e. The molecule has 1 aromatic heterocycles. The SMILES string of the molecule is O=C(O)c1cncc(N2CCCC2CCCO)n1. The van der Waals surface area contributed by atoms with Crippen molar-refractivity contribution in [2.24, 2.45) is 0 Å². The lowest BCUT2D eigenvalue weighted by Gasteiger charge is -2.25. The topological polar surface area (TPSA) is 86.5 Å². The van der Waals surface area contributed by atoms with E-state index in [1.165, 1.54) is 6.20 Å². The normalized spacial score (nSPS) is 19.2. The molecule has 0 bridgehead atoms. The van der Waals surface area contributed by atoms with Crippen LogP contribution in [0.25, 0.3) is 0 Å². The Balaban J connectivity index is 2.14. The van der Waals surface area contributed by atoms with Gasteiger partial charge in [0.25, 0.3) is 0 Å². The number of carboxylic acid groups (broad SMARTS) is 1. The Bertz CT molecular complexity index is 425. The minimum absolute atomic E-state index is 0.0275. The summed E-state index contributed by atoms with van der Waals surface area (Å²) in [6, 6.07) is 0.329. The van der Waals surface area contributed by atoms with Crippen LogP contribution in [0.15, 0.2) is 12.4 Å². The predicted molar refractivity (Wildman–Crippen MR) is 65.7 cm³/mol. The molecule has 1 unspecified atom stereocenters. The molecule has 0 aliphatic carbocycles. The minimum atomic E-state index is -1.06. The third-order valence-electron chi connectivity index (χ3n) is 3.21. The fourth-order valence-electron chi connectivity index (χ4n) is 2.36. The summed E-state index contributed by atoms with van der Waals surface area (Å²) in [6.45, 7) is 1.05. The van der Waals surface area contributed by atoms with Crippen molar-refractivity contribution < 1.29 is 15.0 Å². The molecule has 1 aliphatic rings. The summed E-state index contributed by atoms with van der Waals surface area (Å²) >= 11 is 0. The Hall–Kier alpha value is -1.69. The molecule has 2 rings (SSSR count). The summed E-state index contributed by atoms with van der Waals surface area (Å²) in [4.78, 5) is 21.0. The summed E-state index contributed by atoms with van der Waals surface area (Å²) in [5.41, 5.74) is -0.0275. The van der Waals surface area contributed by atoms with Gasteiger partial charge in [-0.25, -0.2) is 9.78 Å². The number of aromatic carboxylic acids is 1. The van der Waals surface area contributed by atoms with E-state index in [9.17, 15) is 4.79 Å². The Morgan fingerprint density at radius 2 is 2.33 bits per heavy atom. The molecule has 1 aromatic rings. The van der Waals surface area contributed by atoms with Gasteiger partial charge in [0, 0.05) is 19.2 Å². The van der Waals surface area contributed by atoms with Gasteiger partial charge in [0.15, 0.2) is 5.69 Å². The van der Waals surface area contributed by atoms with Crippen molar-refractivity contribution in [1.29, 1.82) is 0 Å². The number of rotatable bonds is 5. The molecule has 0 amide bonds. The highest BCUT2D eigenvalue weighted by molar-refractivity contribution is 5.85. The van der Waals surface area contributed by atoms with Gasteiger partial charge < -0.3 is 15.1 Å². The van der Waals surface area contributed by atoms with Crippen molar-refractivity contribution in [1.82, 2.24) is 9.97 Å². The van der Waals surface area contributed by atoms with Gasteiger partial charge in [-0.15, -0.1) is 0 Å². The van der Waals surface area contributed by atoms with Crippen molar-refractivity contribution in [3.8, 4) is 0 Å². The zero-order chi connectivity index (χ0) is 13.0. The fourth-order valence-corrected chi connectivity index (χ4v) is 2.36. The number of hydrogen-bond donors (Lipinski definition) is 2. The van der Waals surface area contributed by atoms with Crippen LogP contribution in [0.4, 0.5) is 5.82 Å². The van der Waals surface area contributed by atoms with Crippen LogP contribution in [-0.2, 0) is 0 Å². The summed E-state index contributed by atoms with van der Waals surface area (Å²) < 4.78 is 0. The van der Waals surface area contributed by atoms with Crippen LogP contribution in [-0.4, -0.2) is 45.3 Å². The molecule has 1 fully saturated rings. The molecule has 1 saturated heterocycles. The summed E-state index contributed by atoms with van der Waals surface area (Å²) in [6.07, 6.45) is 6.63. The second-order valence-electron chi connectivity index (χ2n) is 4.42. The van der Waals surface area contributed by atoms with E-state index >= 15 is 0 Å². The van der Waals surface area contributed by atoms with E-state index in [2.05, 4.69) is 14.9 Å². The maximum Gasteiger partial charge on any atom is 0.356 e. The van der Waals surface area contributed by atoms with E-state index in [-0.39, 0.29) is 12.3 Å². The van der Waals surface area contributed by atoms with Crippen molar-refractivity contribution in [2.45, 2.75) is 31.7 Å². The number of hydrogen-bond acceptors (Lipinski definition) is 5. The van der Waals surface area contributed by atoms with Gasteiger partial charge in [-0.2, -0.15) is 0 Å². The van der Waals surface area contributed by atoms with Gasteiger partial charge in [-0.1, -0.05) is 0 Å². The first-order valence-corrected chi connectivity index (χ1v) is 6.15. The number of aliphatic hydroxyl groups excluding tert-OH is 1. The number of carboxylic acids is 1. The van der Waals surface area contributed by atoms with Gasteiger partial charge in [-0.05, 0) is 25.7 Å². The van der Waals surface area contributed by atoms with Crippen LogP contribution >= 0.6 is 0 Å². The first kappa shape index (κ1) is 12.8. The van der Waals surface area contributed by atoms with Gasteiger partial charge in [0.05, 0.1) is 12.4 Å². The molecule has 2 heterocycles. The van der Waals surface area contributed by atoms with E-state index in [1.54, 1.807) is 6.20 Å². The third-order valence-corrected chi connectivity index (χ3v) is 3.21. The summed E-state index contributed by atoms with van der Waals surface area (Å²) in [5.74, 6) is -0.439. The van der Waals surface area contributed by atoms with Crippen molar-refractivity contribution in [2.75, 3.05) is 18.1 Å². The van der Waals surface area contributed by atoms with Gasteiger partial charge in [0.1, 0.15) is 5.82 Å². The average molecular weight is 251 g/mol. The second-order valence-corrected chi connectivity index (χ2v) is 4.42. The summed E-state index contributed by atoms with van der Waals surface area (Å²) in [7, 11) is 0. The van der Waals surface area contributed by atoms with Crippen molar-refractivity contribution in [3.63, 3.8) is 0 Å². The third kappa shape index (κ3) is 2.76. The van der Waals surface area contributed by atoms with Crippen LogP contribution in [0.3, 0.4) is 0 Å². The molecule has 0 aromatic carbocycles. The molecular formula is C12H17N3O3. The lowest BCUT2D eigenvalue weighted by Crippen LogP contribution is -2.30. The smallest absolute Gasteiger partial charge is 0.356 e. The number of carbonyl (C=O) groups is 1. The highest BCUT2D eigenvalue weighted by Crippen LogP contribution is 2.26. The van der Waals surface area contributed by atoms with Crippen LogP contribution in [0.1, 0.15) is 36.2 Å². The maximum atomic E-state index is 10.9. The number of aliphatic hydroxyl groups is 1. The van der Waals surface area contributed by atoms with E-state index < -0.39 is 5.97 Å². The van der Waals surface area contributed by atoms with Gasteiger partial charge >= 0.3 is 5.97 Å². The first-order chi connectivity index (χ1) is 8.72. The van der Waals surface area contributed by atoms with Crippen LogP contribution < -0.4 is 4.90 Å². The van der Waals surface area contributed by atoms with Crippen molar-refractivity contribution >= 4 is 11.8 Å². The lowest BCUT2D eigenvalue weighted by molar-refractivity contribution is 0.0690. The van der Waals surface area contributed by atoms with Crippen LogP contribution in [0.2, 0.25) is 0 Å². The Morgan fingerprint density at radius 1 is 1.50 bits per heavy atom. The van der Waals surface area contributed by atoms with E-state index in [0.29, 0.717) is 11.9 Å². The van der Waals surface area contributed by atoms with Crippen molar-refractivity contribution in [3.05, 3.63) is 18.1 Å². The predicted octanol–water partition coefficient (Wildman–Crippen LogP) is 0.916. The van der Waals surface area contributed by atoms with E-state index in [0.717, 1.165) is 32.2 Å². The standard InChI is InChI=1S/C12H17N3O3/c16-6-2-4-9-3-1-5-15(9)11-8-13-7-10(14-11)12(17)18/h7-9,16H,1-6H2,(H,17,18). The Labute approximate surface area is 105 Å².